The summed E-state index contributed by atoms with van der Waals surface area (Å²) in [6.45, 7) is 1.97. The van der Waals surface area contributed by atoms with Crippen molar-refractivity contribution in [3.8, 4) is 6.07 Å². The van der Waals surface area contributed by atoms with Crippen molar-refractivity contribution in [3.05, 3.63) is 57.0 Å². The van der Waals surface area contributed by atoms with E-state index in [9.17, 15) is 4.79 Å². The highest BCUT2D eigenvalue weighted by Gasteiger charge is 2.11. The second-order valence-electron chi connectivity index (χ2n) is 4.49. The van der Waals surface area contributed by atoms with E-state index in [1.165, 1.54) is 6.20 Å². The number of aromatic nitrogens is 3. The van der Waals surface area contributed by atoms with Crippen molar-refractivity contribution < 1.29 is 4.42 Å². The van der Waals surface area contributed by atoms with Gasteiger partial charge < -0.3 is 8.98 Å². The number of nitriles is 1. The van der Waals surface area contributed by atoms with Crippen molar-refractivity contribution in [1.29, 1.82) is 5.26 Å². The summed E-state index contributed by atoms with van der Waals surface area (Å²) in [5, 5.41) is 17.6. The normalized spacial score (nSPS) is 10.7. The Hall–Kier alpha value is -2.65. The Morgan fingerprint density at radius 3 is 2.90 bits per heavy atom. The van der Waals surface area contributed by atoms with Crippen LogP contribution in [0.4, 0.5) is 0 Å². The number of hydrogen-bond acceptors (Lipinski definition) is 5. The van der Waals surface area contributed by atoms with Crippen molar-refractivity contribution in [3.63, 3.8) is 0 Å². The molecule has 0 saturated heterocycles. The molecule has 7 heteroatoms. The molecule has 6 nitrogen and oxygen atoms in total. The van der Waals surface area contributed by atoms with Gasteiger partial charge in [-0.1, -0.05) is 11.6 Å². The van der Waals surface area contributed by atoms with E-state index >= 15 is 0 Å². The second-order valence-corrected chi connectivity index (χ2v) is 4.92. The molecular formula is C14H9ClN4O2. The fraction of sp³-hybridized carbons (Fsp3) is 0.143. The van der Waals surface area contributed by atoms with Crippen LogP contribution in [0, 0.1) is 18.3 Å². The number of halogens is 1. The third kappa shape index (κ3) is 2.39. The zero-order valence-electron chi connectivity index (χ0n) is 11.0. The minimum absolute atomic E-state index is 0.0426. The molecule has 0 fully saturated rings. The Kier molecular flexibility index (Phi) is 3.20. The van der Waals surface area contributed by atoms with Gasteiger partial charge in [0.1, 0.15) is 18.2 Å². The first-order valence-corrected chi connectivity index (χ1v) is 6.48. The van der Waals surface area contributed by atoms with Gasteiger partial charge in [-0.05, 0) is 18.2 Å². The predicted octanol–water partition coefficient (Wildman–Crippen LogP) is 2.27. The first-order valence-electron chi connectivity index (χ1n) is 6.10. The van der Waals surface area contributed by atoms with Crippen LogP contribution in [0.25, 0.3) is 10.9 Å². The summed E-state index contributed by atoms with van der Waals surface area (Å²) in [7, 11) is 0. The molecule has 1 aromatic carbocycles. The predicted molar refractivity (Wildman–Crippen MR) is 76.1 cm³/mol. The summed E-state index contributed by atoms with van der Waals surface area (Å²) >= 11 is 5.93. The van der Waals surface area contributed by atoms with E-state index in [1.54, 1.807) is 29.7 Å². The Morgan fingerprint density at radius 2 is 2.24 bits per heavy atom. The molecule has 0 unspecified atom stereocenters. The van der Waals surface area contributed by atoms with Crippen LogP contribution in [-0.4, -0.2) is 14.8 Å². The average molecular weight is 301 g/mol. The minimum atomic E-state index is -0.340. The quantitative estimate of drug-likeness (QED) is 0.724. The highest BCUT2D eigenvalue weighted by Crippen LogP contribution is 2.18. The van der Waals surface area contributed by atoms with E-state index in [0.29, 0.717) is 27.7 Å². The molecule has 0 spiro atoms. The Balaban J connectivity index is 2.24. The lowest BCUT2D eigenvalue weighted by Crippen LogP contribution is -2.13. The van der Waals surface area contributed by atoms with E-state index in [2.05, 4.69) is 10.2 Å². The molecule has 0 aliphatic rings. The summed E-state index contributed by atoms with van der Waals surface area (Å²) in [6.07, 6.45) is 1.48. The fourth-order valence-electron chi connectivity index (χ4n) is 2.13. The largest absolute Gasteiger partial charge is 0.424 e. The number of rotatable bonds is 2. The summed E-state index contributed by atoms with van der Waals surface area (Å²) in [4.78, 5) is 12.2. The molecule has 3 rings (SSSR count). The first kappa shape index (κ1) is 13.3. The molecule has 0 N–H and O–H groups in total. The molecule has 0 aliphatic heterocycles. The van der Waals surface area contributed by atoms with Crippen molar-refractivity contribution in [1.82, 2.24) is 14.8 Å². The lowest BCUT2D eigenvalue weighted by molar-refractivity contribution is 0.456. The Morgan fingerprint density at radius 1 is 1.43 bits per heavy atom. The Labute approximate surface area is 124 Å². The summed E-state index contributed by atoms with van der Waals surface area (Å²) < 4.78 is 7.05. The summed E-state index contributed by atoms with van der Waals surface area (Å²) in [5.41, 5.74) is 0.355. The van der Waals surface area contributed by atoms with E-state index in [-0.39, 0.29) is 17.5 Å². The highest BCUT2D eigenvalue weighted by atomic mass is 35.5. The molecule has 3 aromatic rings. The van der Waals surface area contributed by atoms with Crippen LogP contribution < -0.4 is 5.43 Å². The number of fused-ring (bicyclic) bond motifs is 1. The van der Waals surface area contributed by atoms with Crippen LogP contribution in [0.2, 0.25) is 5.02 Å². The monoisotopic (exact) mass is 300 g/mol. The van der Waals surface area contributed by atoms with E-state index in [0.717, 1.165) is 0 Å². The number of hydrogen-bond donors (Lipinski definition) is 0. The van der Waals surface area contributed by atoms with Crippen LogP contribution in [0.1, 0.15) is 17.3 Å². The maximum Gasteiger partial charge on any atom is 0.236 e. The molecule has 2 aromatic heterocycles. The number of benzene rings is 1. The molecular weight excluding hydrogens is 292 g/mol. The van der Waals surface area contributed by atoms with Crippen LogP contribution in [0.3, 0.4) is 0 Å². The zero-order chi connectivity index (χ0) is 15.0. The molecule has 0 bridgehead atoms. The van der Waals surface area contributed by atoms with Crippen molar-refractivity contribution in [2.75, 3.05) is 0 Å². The second kappa shape index (κ2) is 5.04. The molecule has 0 amide bonds. The summed E-state index contributed by atoms with van der Waals surface area (Å²) in [5.74, 6) is 0.857. The number of nitrogens with zero attached hydrogens (tertiary/aromatic N) is 4. The molecule has 104 valence electrons. The maximum absolute atomic E-state index is 12.2. The van der Waals surface area contributed by atoms with Gasteiger partial charge in [-0.3, -0.25) is 4.79 Å². The van der Waals surface area contributed by atoms with Gasteiger partial charge in [0.05, 0.1) is 5.52 Å². The molecule has 0 aliphatic carbocycles. The van der Waals surface area contributed by atoms with E-state index in [1.807, 2.05) is 6.07 Å². The third-order valence-electron chi connectivity index (χ3n) is 3.04. The molecule has 0 saturated carbocycles. The smallest absolute Gasteiger partial charge is 0.236 e. The van der Waals surface area contributed by atoms with Crippen molar-refractivity contribution in [2.45, 2.75) is 13.5 Å². The lowest BCUT2D eigenvalue weighted by atomic mass is 10.1. The molecule has 21 heavy (non-hydrogen) atoms. The molecule has 0 radical (unpaired) electrons. The van der Waals surface area contributed by atoms with Gasteiger partial charge in [0.15, 0.2) is 0 Å². The minimum Gasteiger partial charge on any atom is -0.424 e. The fourth-order valence-corrected chi connectivity index (χ4v) is 2.30. The Bertz CT molecular complexity index is 936. The van der Waals surface area contributed by atoms with Crippen molar-refractivity contribution in [2.24, 2.45) is 0 Å². The highest BCUT2D eigenvalue weighted by molar-refractivity contribution is 6.31. The molecule has 2 heterocycles. The average Bonchev–Trinajstić information content (AvgIpc) is 2.87. The lowest BCUT2D eigenvalue weighted by Gasteiger charge is -2.09. The van der Waals surface area contributed by atoms with E-state index in [4.69, 9.17) is 21.3 Å². The van der Waals surface area contributed by atoms with Crippen LogP contribution >= 0.6 is 11.6 Å². The maximum atomic E-state index is 12.2. The number of pyridine rings is 1. The standard InChI is InChI=1S/C14H9ClN4O2/c1-8-17-18-13(21-8)7-19-6-9(5-16)14(20)11-4-10(15)2-3-12(11)19/h2-4,6H,7H2,1H3. The third-order valence-corrected chi connectivity index (χ3v) is 3.27. The van der Waals surface area contributed by atoms with Crippen molar-refractivity contribution >= 4 is 22.5 Å². The summed E-state index contributed by atoms with van der Waals surface area (Å²) in [6, 6.07) is 6.86. The van der Waals surface area contributed by atoms with Crippen LogP contribution in [0.15, 0.2) is 33.6 Å². The van der Waals surface area contributed by atoms with Gasteiger partial charge in [-0.25, -0.2) is 0 Å². The molecule has 0 atom stereocenters. The van der Waals surface area contributed by atoms with Gasteiger partial charge in [-0.2, -0.15) is 5.26 Å². The topological polar surface area (TPSA) is 84.7 Å². The van der Waals surface area contributed by atoms with Crippen LogP contribution in [-0.2, 0) is 6.54 Å². The number of aryl methyl sites for hydroxylation is 1. The van der Waals surface area contributed by atoms with E-state index < -0.39 is 0 Å². The van der Waals surface area contributed by atoms with Gasteiger partial charge in [-0.15, -0.1) is 10.2 Å². The van der Waals surface area contributed by atoms with Gasteiger partial charge >= 0.3 is 0 Å². The van der Waals surface area contributed by atoms with Gasteiger partial charge in [0, 0.05) is 23.5 Å². The van der Waals surface area contributed by atoms with Gasteiger partial charge in [0.25, 0.3) is 0 Å². The zero-order valence-corrected chi connectivity index (χ0v) is 11.8. The van der Waals surface area contributed by atoms with Crippen LogP contribution in [0.5, 0.6) is 0 Å². The van der Waals surface area contributed by atoms with Gasteiger partial charge in [0.2, 0.25) is 17.2 Å². The first-order chi connectivity index (χ1) is 10.1. The SMILES string of the molecule is Cc1nnc(Cn2cc(C#N)c(=O)c3cc(Cl)ccc32)o1.